The molecule has 1 N–H and O–H groups in total. The molecule has 0 radical (unpaired) electrons. The monoisotopic (exact) mass is 349 g/mol. The Labute approximate surface area is 151 Å². The number of H-pyrrole nitrogens is 1. The van der Waals surface area contributed by atoms with E-state index in [9.17, 15) is 4.79 Å². The Morgan fingerprint density at radius 1 is 1.15 bits per heavy atom. The summed E-state index contributed by atoms with van der Waals surface area (Å²) in [5.74, 6) is 0.787. The van der Waals surface area contributed by atoms with Crippen LogP contribution in [-0.2, 0) is 19.5 Å². The van der Waals surface area contributed by atoms with E-state index >= 15 is 0 Å². The molecule has 1 aromatic carbocycles. The van der Waals surface area contributed by atoms with Gasteiger partial charge in [-0.15, -0.1) is 0 Å². The van der Waals surface area contributed by atoms with E-state index in [1.54, 1.807) is 0 Å². The average Bonchev–Trinajstić information content (AvgIpc) is 3.28. The molecule has 1 unspecified atom stereocenters. The number of aromatic amines is 1. The molecule has 2 aromatic heterocycles. The minimum absolute atomic E-state index is 0.0464. The smallest absolute Gasteiger partial charge is 0.258 e. The predicted octanol–water partition coefficient (Wildman–Crippen LogP) is 2.79. The highest BCUT2D eigenvalue weighted by Gasteiger charge is 2.29. The van der Waals surface area contributed by atoms with E-state index < -0.39 is 0 Å². The summed E-state index contributed by atoms with van der Waals surface area (Å²) in [5, 5.41) is 5.45. The van der Waals surface area contributed by atoms with Crippen LogP contribution in [0.2, 0.25) is 0 Å². The maximum atomic E-state index is 12.4. The number of likely N-dealkylation sites (tertiary alicyclic amines) is 1. The summed E-state index contributed by atoms with van der Waals surface area (Å²) in [6, 6.07) is 9.96. The number of hydrogen-bond donors (Lipinski definition) is 1. The van der Waals surface area contributed by atoms with Crippen LogP contribution in [-0.4, -0.2) is 31.2 Å². The van der Waals surface area contributed by atoms with Gasteiger partial charge in [-0.25, -0.2) is 4.98 Å². The van der Waals surface area contributed by atoms with Crippen molar-refractivity contribution < 1.29 is 0 Å². The SMILES string of the molecule is O=c1[nH]c(C2CCCN2Cc2cc3n(n2)CCCC3)nc2ccccc12. The molecule has 0 bridgehead atoms. The highest BCUT2D eigenvalue weighted by Crippen LogP contribution is 2.31. The summed E-state index contributed by atoms with van der Waals surface area (Å²) in [4.78, 5) is 22.6. The first-order valence-corrected chi connectivity index (χ1v) is 9.56. The van der Waals surface area contributed by atoms with Crippen molar-refractivity contribution in [1.82, 2.24) is 24.6 Å². The van der Waals surface area contributed by atoms with Crippen molar-refractivity contribution in [3.8, 4) is 0 Å². The number of nitrogens with zero attached hydrogens (tertiary/aromatic N) is 4. The Kier molecular flexibility index (Phi) is 3.85. The van der Waals surface area contributed by atoms with Gasteiger partial charge in [-0.3, -0.25) is 14.4 Å². The lowest BCUT2D eigenvalue weighted by molar-refractivity contribution is 0.236. The summed E-state index contributed by atoms with van der Waals surface area (Å²) in [6.45, 7) is 2.88. The zero-order valence-corrected chi connectivity index (χ0v) is 14.8. The van der Waals surface area contributed by atoms with Crippen molar-refractivity contribution in [1.29, 1.82) is 0 Å². The van der Waals surface area contributed by atoms with Crippen molar-refractivity contribution in [3.63, 3.8) is 0 Å². The van der Waals surface area contributed by atoms with Gasteiger partial charge in [0.05, 0.1) is 22.6 Å². The molecule has 3 aromatic rings. The molecule has 5 rings (SSSR count). The first-order chi connectivity index (χ1) is 12.8. The summed E-state index contributed by atoms with van der Waals surface area (Å²) in [5.41, 5.74) is 3.22. The normalized spacial score (nSPS) is 20.5. The lowest BCUT2D eigenvalue weighted by Gasteiger charge is -2.22. The summed E-state index contributed by atoms with van der Waals surface area (Å²) in [7, 11) is 0. The fourth-order valence-corrected chi connectivity index (χ4v) is 4.35. The second-order valence-corrected chi connectivity index (χ2v) is 7.40. The minimum Gasteiger partial charge on any atom is -0.309 e. The summed E-state index contributed by atoms with van der Waals surface area (Å²) < 4.78 is 2.17. The van der Waals surface area contributed by atoms with E-state index in [-0.39, 0.29) is 11.6 Å². The molecule has 0 spiro atoms. The van der Waals surface area contributed by atoms with Gasteiger partial charge in [-0.05, 0) is 56.8 Å². The highest BCUT2D eigenvalue weighted by atomic mass is 16.1. The van der Waals surface area contributed by atoms with Gasteiger partial charge >= 0.3 is 0 Å². The number of rotatable bonds is 3. The Balaban J connectivity index is 1.44. The average molecular weight is 349 g/mol. The topological polar surface area (TPSA) is 66.8 Å². The molecule has 1 fully saturated rings. The van der Waals surface area contributed by atoms with Crippen LogP contribution in [0.15, 0.2) is 35.1 Å². The van der Waals surface area contributed by atoms with Crippen LogP contribution in [0.4, 0.5) is 0 Å². The Morgan fingerprint density at radius 3 is 3.00 bits per heavy atom. The molecule has 1 saturated heterocycles. The molecule has 0 saturated carbocycles. The standard InChI is InChI=1S/C20H23N5O/c26-20-16-7-1-2-8-17(16)21-19(22-20)18-9-5-10-24(18)13-14-12-15-6-3-4-11-25(15)23-14/h1-2,7-8,12,18H,3-6,9-11,13H2,(H,21,22,26). The third-order valence-corrected chi connectivity index (χ3v) is 5.64. The highest BCUT2D eigenvalue weighted by molar-refractivity contribution is 5.77. The van der Waals surface area contributed by atoms with Crippen LogP contribution >= 0.6 is 0 Å². The van der Waals surface area contributed by atoms with Crippen LogP contribution < -0.4 is 5.56 Å². The largest absolute Gasteiger partial charge is 0.309 e. The van der Waals surface area contributed by atoms with E-state index in [2.05, 4.69) is 20.6 Å². The lowest BCUT2D eigenvalue weighted by Crippen LogP contribution is -2.26. The maximum absolute atomic E-state index is 12.4. The Hall–Kier alpha value is -2.47. The van der Waals surface area contributed by atoms with Gasteiger partial charge in [-0.2, -0.15) is 5.10 Å². The molecule has 0 aliphatic carbocycles. The van der Waals surface area contributed by atoms with Gasteiger partial charge in [-0.1, -0.05) is 12.1 Å². The van der Waals surface area contributed by atoms with Crippen molar-refractivity contribution in [2.75, 3.05) is 6.54 Å². The molecule has 134 valence electrons. The van der Waals surface area contributed by atoms with E-state index in [4.69, 9.17) is 10.1 Å². The van der Waals surface area contributed by atoms with Gasteiger partial charge in [0.25, 0.3) is 5.56 Å². The zero-order chi connectivity index (χ0) is 17.5. The van der Waals surface area contributed by atoms with E-state index in [1.165, 1.54) is 18.5 Å². The quantitative estimate of drug-likeness (QED) is 0.790. The van der Waals surface area contributed by atoms with Crippen molar-refractivity contribution in [2.45, 2.75) is 51.2 Å². The first kappa shape index (κ1) is 15.8. The van der Waals surface area contributed by atoms with Crippen molar-refractivity contribution in [3.05, 3.63) is 57.9 Å². The van der Waals surface area contributed by atoms with Gasteiger partial charge in [0.15, 0.2) is 0 Å². The van der Waals surface area contributed by atoms with E-state index in [0.29, 0.717) is 5.39 Å². The molecule has 4 heterocycles. The third-order valence-electron chi connectivity index (χ3n) is 5.64. The van der Waals surface area contributed by atoms with E-state index in [1.807, 2.05) is 24.3 Å². The minimum atomic E-state index is -0.0464. The van der Waals surface area contributed by atoms with Crippen LogP contribution in [0.3, 0.4) is 0 Å². The molecule has 26 heavy (non-hydrogen) atoms. The maximum Gasteiger partial charge on any atom is 0.258 e. The van der Waals surface area contributed by atoms with Crippen LogP contribution in [0.25, 0.3) is 10.9 Å². The number of aromatic nitrogens is 4. The Morgan fingerprint density at radius 2 is 2.08 bits per heavy atom. The van der Waals surface area contributed by atoms with Crippen LogP contribution in [0.1, 0.15) is 48.9 Å². The van der Waals surface area contributed by atoms with Gasteiger partial charge < -0.3 is 4.98 Å². The number of nitrogens with one attached hydrogen (secondary N) is 1. The second kappa shape index (κ2) is 6.36. The van der Waals surface area contributed by atoms with Gasteiger partial charge in [0.1, 0.15) is 5.82 Å². The zero-order valence-electron chi connectivity index (χ0n) is 14.8. The molecule has 6 heteroatoms. The lowest BCUT2D eigenvalue weighted by atomic mass is 10.1. The number of para-hydroxylation sites is 1. The van der Waals surface area contributed by atoms with Crippen molar-refractivity contribution >= 4 is 10.9 Å². The molecular weight excluding hydrogens is 326 g/mol. The molecule has 6 nitrogen and oxygen atoms in total. The molecule has 2 aliphatic rings. The van der Waals surface area contributed by atoms with Gasteiger partial charge in [0, 0.05) is 18.8 Å². The fourth-order valence-electron chi connectivity index (χ4n) is 4.35. The number of hydrogen-bond acceptors (Lipinski definition) is 4. The summed E-state index contributed by atoms with van der Waals surface area (Å²) >= 11 is 0. The fraction of sp³-hybridized carbons (Fsp3) is 0.450. The van der Waals surface area contributed by atoms with Crippen molar-refractivity contribution in [2.24, 2.45) is 0 Å². The first-order valence-electron chi connectivity index (χ1n) is 9.56. The molecule has 0 amide bonds. The third kappa shape index (κ3) is 2.74. The number of benzene rings is 1. The van der Waals surface area contributed by atoms with Crippen LogP contribution in [0.5, 0.6) is 0 Å². The molecular formula is C20H23N5O. The summed E-state index contributed by atoms with van der Waals surface area (Å²) in [6.07, 6.45) is 5.77. The molecule has 2 aliphatic heterocycles. The van der Waals surface area contributed by atoms with Crippen LogP contribution in [0, 0.1) is 0 Å². The number of aryl methyl sites for hydroxylation is 2. The predicted molar refractivity (Wildman–Crippen MR) is 99.9 cm³/mol. The van der Waals surface area contributed by atoms with E-state index in [0.717, 1.165) is 55.9 Å². The Bertz CT molecular complexity index is 981. The van der Waals surface area contributed by atoms with Gasteiger partial charge in [0.2, 0.25) is 0 Å². The second-order valence-electron chi connectivity index (χ2n) is 7.40. The molecule has 1 atom stereocenters. The number of fused-ring (bicyclic) bond motifs is 2.